The number of nitrogens with one attached hydrogen (secondary N) is 2. The zero-order chi connectivity index (χ0) is 19.9. The van der Waals surface area contributed by atoms with Gasteiger partial charge in [0.15, 0.2) is 0 Å². The minimum Gasteiger partial charge on any atom is -0.481 e. The third-order valence-corrected chi connectivity index (χ3v) is 5.22. The van der Waals surface area contributed by atoms with Crippen LogP contribution >= 0.6 is 0 Å². The van der Waals surface area contributed by atoms with Crippen LogP contribution in [0.25, 0.3) is 10.9 Å². The summed E-state index contributed by atoms with van der Waals surface area (Å²) in [7, 11) is 0. The molecule has 0 aliphatic heterocycles. The fourth-order valence-corrected chi connectivity index (χ4v) is 3.66. The molecule has 5 nitrogen and oxygen atoms in total. The van der Waals surface area contributed by atoms with Gasteiger partial charge in [-0.15, -0.1) is 0 Å². The van der Waals surface area contributed by atoms with Crippen LogP contribution in [0.1, 0.15) is 29.5 Å². The lowest BCUT2D eigenvalue weighted by atomic mass is 9.99. The number of aromatic nitrogens is 1. The Morgan fingerprint density at radius 2 is 1.89 bits per heavy atom. The van der Waals surface area contributed by atoms with E-state index in [1.54, 1.807) is 0 Å². The van der Waals surface area contributed by atoms with Gasteiger partial charge in [-0.2, -0.15) is 0 Å². The van der Waals surface area contributed by atoms with Crippen molar-refractivity contribution in [3.05, 3.63) is 71.4 Å². The average Bonchev–Trinajstić information content (AvgIpc) is 3.09. The van der Waals surface area contributed by atoms with Gasteiger partial charge in [-0.05, 0) is 43.4 Å². The first kappa shape index (κ1) is 20.1. The van der Waals surface area contributed by atoms with E-state index in [0.717, 1.165) is 29.3 Å². The lowest BCUT2D eigenvalue weighted by molar-refractivity contribution is -0.137. The van der Waals surface area contributed by atoms with Crippen LogP contribution in [0.15, 0.2) is 54.7 Å². The predicted molar refractivity (Wildman–Crippen MR) is 114 cm³/mol. The fraction of sp³-hybridized carbons (Fsp3) is 0.348. The monoisotopic (exact) mass is 379 g/mol. The summed E-state index contributed by atoms with van der Waals surface area (Å²) in [6.07, 6.45) is 4.49. The summed E-state index contributed by atoms with van der Waals surface area (Å²) in [6, 6.07) is 16.5. The molecule has 148 valence electrons. The molecule has 3 aromatic rings. The number of nitrogens with two attached hydrogens (primary N) is 1. The molecule has 0 bridgehead atoms. The maximum atomic E-state index is 11.4. The lowest BCUT2D eigenvalue weighted by Gasteiger charge is -2.24. The van der Waals surface area contributed by atoms with Gasteiger partial charge in [-0.25, -0.2) is 0 Å². The number of aryl methyl sites for hydroxylation is 2. The number of fused-ring (bicyclic) bond motifs is 1. The van der Waals surface area contributed by atoms with E-state index in [1.165, 1.54) is 11.1 Å². The maximum Gasteiger partial charge on any atom is 0.304 e. The zero-order valence-corrected chi connectivity index (χ0v) is 16.3. The number of rotatable bonds is 10. The molecule has 2 aromatic carbocycles. The first-order chi connectivity index (χ1) is 13.5. The second kappa shape index (κ2) is 9.53. The van der Waals surface area contributed by atoms with Gasteiger partial charge >= 0.3 is 5.97 Å². The lowest BCUT2D eigenvalue weighted by Crippen LogP contribution is -2.45. The van der Waals surface area contributed by atoms with Crippen LogP contribution in [0.4, 0.5) is 0 Å². The molecule has 1 aromatic heterocycles. The number of H-pyrrole nitrogens is 1. The van der Waals surface area contributed by atoms with E-state index in [1.807, 2.05) is 24.4 Å². The van der Waals surface area contributed by atoms with Crippen molar-refractivity contribution >= 4 is 16.9 Å². The number of hydrogen-bond donors (Lipinski definition) is 4. The van der Waals surface area contributed by atoms with Gasteiger partial charge < -0.3 is 21.1 Å². The van der Waals surface area contributed by atoms with E-state index in [2.05, 4.69) is 47.6 Å². The van der Waals surface area contributed by atoms with Crippen LogP contribution in [0.2, 0.25) is 0 Å². The average molecular weight is 380 g/mol. The summed E-state index contributed by atoms with van der Waals surface area (Å²) in [5.74, 6) is -0.799. The summed E-state index contributed by atoms with van der Waals surface area (Å²) in [6.45, 7) is 2.56. The minimum absolute atomic E-state index is 0.0700. The topological polar surface area (TPSA) is 91.1 Å². The number of benzene rings is 2. The molecule has 0 spiro atoms. The van der Waals surface area contributed by atoms with Gasteiger partial charge in [0.05, 0.1) is 6.42 Å². The van der Waals surface area contributed by atoms with Crippen molar-refractivity contribution in [3.8, 4) is 0 Å². The highest BCUT2D eigenvalue weighted by atomic mass is 16.4. The van der Waals surface area contributed by atoms with E-state index < -0.39 is 5.97 Å². The number of carbonyl (C=O) groups is 1. The van der Waals surface area contributed by atoms with Crippen molar-refractivity contribution < 1.29 is 9.90 Å². The standard InChI is InChI=1S/C23H29N3O2/c1-16-6-8-17(9-7-16)10-11-19(14-24)26-20(13-23(27)28)12-18-15-25-22-5-3-2-4-21(18)22/h2-9,15,19-20,25-26H,10-14,24H2,1H3,(H,27,28)/t19?,20-/m0/s1. The van der Waals surface area contributed by atoms with Crippen molar-refractivity contribution in [2.45, 2.75) is 44.7 Å². The van der Waals surface area contributed by atoms with Crippen molar-refractivity contribution in [1.82, 2.24) is 10.3 Å². The highest BCUT2D eigenvalue weighted by Crippen LogP contribution is 2.20. The molecular formula is C23H29N3O2. The number of carboxylic acids is 1. The summed E-state index contributed by atoms with van der Waals surface area (Å²) in [5.41, 5.74) is 10.7. The molecule has 28 heavy (non-hydrogen) atoms. The molecule has 0 radical (unpaired) electrons. The molecule has 2 atom stereocenters. The van der Waals surface area contributed by atoms with Crippen LogP contribution < -0.4 is 11.1 Å². The molecule has 0 aliphatic rings. The number of para-hydroxylation sites is 1. The number of carboxylic acid groups (broad SMARTS) is 1. The molecule has 0 saturated carbocycles. The Balaban J connectivity index is 1.66. The van der Waals surface area contributed by atoms with Crippen LogP contribution in [0, 0.1) is 6.92 Å². The third kappa shape index (κ3) is 5.44. The van der Waals surface area contributed by atoms with Gasteiger partial charge in [0.2, 0.25) is 0 Å². The molecule has 1 heterocycles. The third-order valence-electron chi connectivity index (χ3n) is 5.22. The van der Waals surface area contributed by atoms with Crippen LogP contribution in [-0.2, 0) is 17.6 Å². The van der Waals surface area contributed by atoms with Gasteiger partial charge in [0.1, 0.15) is 0 Å². The van der Waals surface area contributed by atoms with E-state index in [0.29, 0.717) is 13.0 Å². The SMILES string of the molecule is Cc1ccc(CCC(CN)N[C@H](CC(=O)O)Cc2c[nH]c3ccccc23)cc1. The van der Waals surface area contributed by atoms with Crippen molar-refractivity contribution in [3.63, 3.8) is 0 Å². The van der Waals surface area contributed by atoms with E-state index in [4.69, 9.17) is 5.73 Å². The van der Waals surface area contributed by atoms with Crippen LogP contribution in [0.5, 0.6) is 0 Å². The van der Waals surface area contributed by atoms with Crippen molar-refractivity contribution in [2.24, 2.45) is 5.73 Å². The molecule has 0 fully saturated rings. The Hall–Kier alpha value is -2.63. The number of aromatic amines is 1. The van der Waals surface area contributed by atoms with E-state index in [-0.39, 0.29) is 18.5 Å². The fourth-order valence-electron chi connectivity index (χ4n) is 3.66. The Kier molecular flexibility index (Phi) is 6.85. The molecule has 5 heteroatoms. The molecule has 0 aliphatic carbocycles. The second-order valence-electron chi connectivity index (χ2n) is 7.48. The predicted octanol–water partition coefficient (Wildman–Crippen LogP) is 3.41. The summed E-state index contributed by atoms with van der Waals surface area (Å²) < 4.78 is 0. The highest BCUT2D eigenvalue weighted by Gasteiger charge is 2.19. The first-order valence-corrected chi connectivity index (χ1v) is 9.83. The Morgan fingerprint density at radius 1 is 1.14 bits per heavy atom. The largest absolute Gasteiger partial charge is 0.481 e. The van der Waals surface area contributed by atoms with Crippen LogP contribution in [0.3, 0.4) is 0 Å². The van der Waals surface area contributed by atoms with Gasteiger partial charge in [-0.1, -0.05) is 48.0 Å². The number of hydrogen-bond acceptors (Lipinski definition) is 3. The van der Waals surface area contributed by atoms with Gasteiger partial charge in [0.25, 0.3) is 0 Å². The normalized spacial score (nSPS) is 13.5. The molecular weight excluding hydrogens is 350 g/mol. The summed E-state index contributed by atoms with van der Waals surface area (Å²) >= 11 is 0. The van der Waals surface area contributed by atoms with E-state index >= 15 is 0 Å². The second-order valence-corrected chi connectivity index (χ2v) is 7.48. The quantitative estimate of drug-likeness (QED) is 0.434. The zero-order valence-electron chi connectivity index (χ0n) is 16.3. The molecule has 0 amide bonds. The highest BCUT2D eigenvalue weighted by molar-refractivity contribution is 5.83. The van der Waals surface area contributed by atoms with Crippen molar-refractivity contribution in [2.75, 3.05) is 6.54 Å². The summed E-state index contributed by atoms with van der Waals surface area (Å²) in [5, 5.41) is 14.0. The maximum absolute atomic E-state index is 11.4. The smallest absolute Gasteiger partial charge is 0.304 e. The van der Waals surface area contributed by atoms with Gasteiger partial charge in [-0.3, -0.25) is 4.79 Å². The Bertz CT molecular complexity index is 902. The first-order valence-electron chi connectivity index (χ1n) is 9.83. The Labute approximate surface area is 166 Å². The minimum atomic E-state index is -0.799. The number of aliphatic carboxylic acids is 1. The molecule has 3 rings (SSSR count). The van der Waals surface area contributed by atoms with Crippen molar-refractivity contribution in [1.29, 1.82) is 0 Å². The Morgan fingerprint density at radius 3 is 2.61 bits per heavy atom. The molecule has 0 saturated heterocycles. The summed E-state index contributed by atoms with van der Waals surface area (Å²) in [4.78, 5) is 14.7. The van der Waals surface area contributed by atoms with E-state index in [9.17, 15) is 9.90 Å². The van der Waals surface area contributed by atoms with Crippen LogP contribution in [-0.4, -0.2) is 34.7 Å². The van der Waals surface area contributed by atoms with Gasteiger partial charge in [0, 0.05) is 35.7 Å². The molecule has 1 unspecified atom stereocenters. The molecule has 5 N–H and O–H groups in total.